The van der Waals surface area contributed by atoms with Crippen molar-refractivity contribution in [2.75, 3.05) is 40.4 Å². The average molecular weight is 246 g/mol. The van der Waals surface area contributed by atoms with Gasteiger partial charge < -0.3 is 19.6 Å². The molecule has 0 aromatic carbocycles. The fraction of sp³-hybridized carbons (Fsp3) is 0.818. The maximum atomic E-state index is 11.6. The number of hydrogen-bond donors (Lipinski definition) is 1. The average Bonchev–Trinajstić information content (AvgIpc) is 2.30. The lowest BCUT2D eigenvalue weighted by Gasteiger charge is -2.22. The minimum atomic E-state index is -0.968. The Morgan fingerprint density at radius 3 is 2.12 bits per heavy atom. The molecule has 2 amide bonds. The molecule has 1 atom stereocenters. The van der Waals surface area contributed by atoms with Crippen LogP contribution in [0.15, 0.2) is 0 Å². The van der Waals surface area contributed by atoms with Crippen LogP contribution in [0.4, 0.5) is 0 Å². The second kappa shape index (κ2) is 8.03. The SMILES string of the molecule is CCN(CC)C(=O)COC(CO)C(=O)N(C)C. The number of carbonyl (C=O) groups is 2. The van der Waals surface area contributed by atoms with Crippen LogP contribution in [0.3, 0.4) is 0 Å². The molecule has 1 N–H and O–H groups in total. The summed E-state index contributed by atoms with van der Waals surface area (Å²) in [6.07, 6.45) is -0.968. The summed E-state index contributed by atoms with van der Waals surface area (Å²) in [6.45, 7) is 4.33. The topological polar surface area (TPSA) is 70.1 Å². The summed E-state index contributed by atoms with van der Waals surface area (Å²) in [5.41, 5.74) is 0. The Morgan fingerprint density at radius 2 is 1.76 bits per heavy atom. The molecule has 6 heteroatoms. The van der Waals surface area contributed by atoms with E-state index in [1.807, 2.05) is 13.8 Å². The molecule has 6 nitrogen and oxygen atoms in total. The highest BCUT2D eigenvalue weighted by atomic mass is 16.5. The first-order valence-electron chi connectivity index (χ1n) is 5.69. The highest BCUT2D eigenvalue weighted by Gasteiger charge is 2.22. The van der Waals surface area contributed by atoms with Gasteiger partial charge in [0.05, 0.1) is 6.61 Å². The molecule has 0 aliphatic rings. The van der Waals surface area contributed by atoms with E-state index in [1.165, 1.54) is 4.90 Å². The highest BCUT2D eigenvalue weighted by molar-refractivity contribution is 5.81. The molecule has 0 saturated carbocycles. The van der Waals surface area contributed by atoms with Crippen molar-refractivity contribution < 1.29 is 19.4 Å². The number of likely N-dealkylation sites (N-methyl/N-ethyl adjacent to an activating group) is 2. The monoisotopic (exact) mass is 246 g/mol. The lowest BCUT2D eigenvalue weighted by atomic mass is 10.3. The third-order valence-corrected chi connectivity index (χ3v) is 2.41. The van der Waals surface area contributed by atoms with E-state index in [0.717, 1.165) is 0 Å². The van der Waals surface area contributed by atoms with E-state index in [9.17, 15) is 9.59 Å². The van der Waals surface area contributed by atoms with Crippen LogP contribution in [-0.4, -0.2) is 73.2 Å². The Morgan fingerprint density at radius 1 is 1.24 bits per heavy atom. The summed E-state index contributed by atoms with van der Waals surface area (Å²) in [4.78, 5) is 26.1. The van der Waals surface area contributed by atoms with Crippen LogP contribution < -0.4 is 0 Å². The zero-order valence-corrected chi connectivity index (χ0v) is 11.0. The molecule has 0 saturated heterocycles. The number of aliphatic hydroxyl groups is 1. The van der Waals surface area contributed by atoms with Crippen molar-refractivity contribution in [3.63, 3.8) is 0 Å². The molecular weight excluding hydrogens is 224 g/mol. The zero-order valence-electron chi connectivity index (χ0n) is 11.0. The molecule has 0 aliphatic heterocycles. The summed E-state index contributed by atoms with van der Waals surface area (Å²) in [5, 5.41) is 9.01. The standard InChI is InChI=1S/C11H22N2O4/c1-5-13(6-2)10(15)8-17-9(7-14)11(16)12(3)4/h9,14H,5-8H2,1-4H3. The van der Waals surface area contributed by atoms with Crippen LogP contribution in [0.5, 0.6) is 0 Å². The Hall–Kier alpha value is -1.14. The molecule has 0 heterocycles. The second-order valence-electron chi connectivity index (χ2n) is 3.78. The molecule has 0 aromatic heterocycles. The number of hydrogen-bond acceptors (Lipinski definition) is 4. The first-order valence-corrected chi connectivity index (χ1v) is 5.69. The first kappa shape index (κ1) is 15.9. The summed E-state index contributed by atoms with van der Waals surface area (Å²) in [6, 6.07) is 0. The number of amides is 2. The van der Waals surface area contributed by atoms with Crippen molar-refractivity contribution in [2.24, 2.45) is 0 Å². The number of aliphatic hydroxyl groups excluding tert-OH is 1. The fourth-order valence-corrected chi connectivity index (χ4v) is 1.33. The van der Waals surface area contributed by atoms with Crippen LogP contribution >= 0.6 is 0 Å². The van der Waals surface area contributed by atoms with Gasteiger partial charge in [0.1, 0.15) is 6.61 Å². The highest BCUT2D eigenvalue weighted by Crippen LogP contribution is 1.98. The van der Waals surface area contributed by atoms with Gasteiger partial charge >= 0.3 is 0 Å². The summed E-state index contributed by atoms with van der Waals surface area (Å²) in [7, 11) is 3.14. The van der Waals surface area contributed by atoms with Gasteiger partial charge in [-0.05, 0) is 13.8 Å². The maximum absolute atomic E-state index is 11.6. The zero-order chi connectivity index (χ0) is 13.4. The summed E-state index contributed by atoms with van der Waals surface area (Å²) < 4.78 is 5.13. The molecule has 17 heavy (non-hydrogen) atoms. The molecule has 0 bridgehead atoms. The van der Waals surface area contributed by atoms with Crippen LogP contribution in [0.2, 0.25) is 0 Å². The maximum Gasteiger partial charge on any atom is 0.253 e. The van der Waals surface area contributed by atoms with E-state index in [4.69, 9.17) is 9.84 Å². The Kier molecular flexibility index (Phi) is 7.49. The molecule has 0 fully saturated rings. The van der Waals surface area contributed by atoms with E-state index in [2.05, 4.69) is 0 Å². The van der Waals surface area contributed by atoms with E-state index in [0.29, 0.717) is 13.1 Å². The quantitative estimate of drug-likeness (QED) is 0.646. The van der Waals surface area contributed by atoms with Gasteiger partial charge in [-0.15, -0.1) is 0 Å². The number of ether oxygens (including phenoxy) is 1. The summed E-state index contributed by atoms with van der Waals surface area (Å²) in [5.74, 6) is -0.528. The predicted molar refractivity (Wildman–Crippen MR) is 63.4 cm³/mol. The molecule has 0 rings (SSSR count). The smallest absolute Gasteiger partial charge is 0.253 e. The fourth-order valence-electron chi connectivity index (χ4n) is 1.33. The second-order valence-corrected chi connectivity index (χ2v) is 3.78. The van der Waals surface area contributed by atoms with Crippen molar-refractivity contribution in [1.82, 2.24) is 9.80 Å². The predicted octanol–water partition coefficient (Wildman–Crippen LogP) is -0.679. The van der Waals surface area contributed by atoms with Crippen molar-refractivity contribution in [2.45, 2.75) is 20.0 Å². The third kappa shape index (κ3) is 5.14. The minimum absolute atomic E-state index is 0.181. The van der Waals surface area contributed by atoms with Gasteiger partial charge in [0.15, 0.2) is 6.10 Å². The van der Waals surface area contributed by atoms with E-state index >= 15 is 0 Å². The van der Waals surface area contributed by atoms with Crippen LogP contribution in [-0.2, 0) is 14.3 Å². The van der Waals surface area contributed by atoms with Crippen molar-refractivity contribution >= 4 is 11.8 Å². The Balaban J connectivity index is 4.24. The molecule has 0 aliphatic carbocycles. The van der Waals surface area contributed by atoms with Gasteiger partial charge in [0, 0.05) is 27.2 Å². The van der Waals surface area contributed by atoms with E-state index in [1.54, 1.807) is 19.0 Å². The number of nitrogens with zero attached hydrogens (tertiary/aromatic N) is 2. The number of rotatable bonds is 7. The Labute approximate surface area is 102 Å². The largest absolute Gasteiger partial charge is 0.393 e. The van der Waals surface area contributed by atoms with Gasteiger partial charge in [-0.25, -0.2) is 0 Å². The van der Waals surface area contributed by atoms with E-state index in [-0.39, 0.29) is 18.4 Å². The summed E-state index contributed by atoms with van der Waals surface area (Å²) >= 11 is 0. The van der Waals surface area contributed by atoms with Crippen molar-refractivity contribution in [1.29, 1.82) is 0 Å². The van der Waals surface area contributed by atoms with E-state index < -0.39 is 12.7 Å². The van der Waals surface area contributed by atoms with Gasteiger partial charge in [0.2, 0.25) is 5.91 Å². The van der Waals surface area contributed by atoms with Gasteiger partial charge in [-0.1, -0.05) is 0 Å². The molecule has 100 valence electrons. The lowest BCUT2D eigenvalue weighted by molar-refractivity contribution is -0.149. The van der Waals surface area contributed by atoms with Crippen LogP contribution in [0, 0.1) is 0 Å². The third-order valence-electron chi connectivity index (χ3n) is 2.41. The molecule has 0 spiro atoms. The Bertz CT molecular complexity index is 252. The molecule has 1 unspecified atom stereocenters. The molecular formula is C11H22N2O4. The van der Waals surface area contributed by atoms with Gasteiger partial charge in [-0.2, -0.15) is 0 Å². The van der Waals surface area contributed by atoms with Gasteiger partial charge in [-0.3, -0.25) is 9.59 Å². The van der Waals surface area contributed by atoms with Gasteiger partial charge in [0.25, 0.3) is 5.91 Å². The number of carbonyl (C=O) groups excluding carboxylic acids is 2. The minimum Gasteiger partial charge on any atom is -0.393 e. The molecule has 0 aromatic rings. The van der Waals surface area contributed by atoms with Crippen molar-refractivity contribution in [3.05, 3.63) is 0 Å². The normalized spacial score (nSPS) is 12.1. The van der Waals surface area contributed by atoms with Crippen molar-refractivity contribution in [3.8, 4) is 0 Å². The van der Waals surface area contributed by atoms with Crippen LogP contribution in [0.25, 0.3) is 0 Å². The lowest BCUT2D eigenvalue weighted by Crippen LogP contribution is -2.41. The molecule has 0 radical (unpaired) electrons. The van der Waals surface area contributed by atoms with Crippen LogP contribution in [0.1, 0.15) is 13.8 Å². The first-order chi connectivity index (χ1) is 7.97.